The molecule has 12 nitrogen and oxygen atoms in total. The first-order chi connectivity index (χ1) is 14.6. The van der Waals surface area contributed by atoms with Gasteiger partial charge in [-0.25, -0.2) is 0 Å². The van der Waals surface area contributed by atoms with E-state index >= 15 is 0 Å². The SMILES string of the molecule is C[NH2+][C@@H]1[C@@H](O)[C@H](O[C@@H]2[C@@H](O)[C@H](O[C@H]3OC(C[NH3+])=CC[C@H]3[NH3+])[C@@H]([NH3+])C[C@H]2[NH3+])OC[C@]1(C)O. The van der Waals surface area contributed by atoms with E-state index < -0.39 is 48.6 Å². The van der Waals surface area contributed by atoms with E-state index in [1.165, 1.54) is 0 Å². The highest BCUT2D eigenvalue weighted by Crippen LogP contribution is 2.29. The van der Waals surface area contributed by atoms with Gasteiger partial charge in [0.05, 0.1) is 20.1 Å². The Kier molecular flexibility index (Phi) is 7.92. The minimum absolute atomic E-state index is 0.00546. The molecule has 0 spiro atoms. The van der Waals surface area contributed by atoms with Crippen molar-refractivity contribution in [3.05, 3.63) is 11.8 Å². The molecule has 12 heteroatoms. The summed E-state index contributed by atoms with van der Waals surface area (Å²) in [4.78, 5) is 0. The van der Waals surface area contributed by atoms with Crippen molar-refractivity contribution in [1.29, 1.82) is 0 Å². The number of aliphatic hydroxyl groups excluding tert-OH is 2. The lowest BCUT2D eigenvalue weighted by molar-refractivity contribution is -0.695. The Morgan fingerprint density at radius 2 is 1.71 bits per heavy atom. The summed E-state index contributed by atoms with van der Waals surface area (Å²) in [5.41, 5.74) is 15.0. The number of aliphatic hydroxyl groups is 3. The third-order valence-electron chi connectivity index (χ3n) is 6.60. The molecule has 11 atom stereocenters. The van der Waals surface area contributed by atoms with Gasteiger partial charge >= 0.3 is 0 Å². The van der Waals surface area contributed by atoms with Crippen molar-refractivity contribution in [3.63, 3.8) is 0 Å². The van der Waals surface area contributed by atoms with Gasteiger partial charge in [-0.3, -0.25) is 0 Å². The number of ether oxygens (including phenoxy) is 4. The van der Waals surface area contributed by atoms with Crippen LogP contribution in [0, 0.1) is 0 Å². The van der Waals surface area contributed by atoms with Crippen LogP contribution in [0.3, 0.4) is 0 Å². The van der Waals surface area contributed by atoms with Gasteiger partial charge in [0.15, 0.2) is 24.2 Å². The zero-order chi connectivity index (χ0) is 22.9. The van der Waals surface area contributed by atoms with Crippen molar-refractivity contribution in [2.75, 3.05) is 20.2 Å². The molecular weight excluding hydrogens is 410 g/mol. The molecule has 2 fully saturated rings. The summed E-state index contributed by atoms with van der Waals surface area (Å²) in [5, 5.41) is 34.0. The van der Waals surface area contributed by atoms with Crippen molar-refractivity contribution < 1.29 is 62.5 Å². The van der Waals surface area contributed by atoms with Gasteiger partial charge in [-0.05, 0) is 13.0 Å². The normalized spacial score (nSPS) is 48.7. The molecule has 0 aromatic carbocycles. The van der Waals surface area contributed by atoms with Crippen LogP contribution in [0.1, 0.15) is 19.8 Å². The van der Waals surface area contributed by atoms with Crippen LogP contribution in [0.25, 0.3) is 0 Å². The molecule has 2 heterocycles. The molecular formula is C19H42N5O7+5. The predicted octanol–water partition coefficient (Wildman–Crippen LogP) is -7.74. The maximum atomic E-state index is 11.1. The topological polar surface area (TPSA) is 225 Å². The fourth-order valence-corrected chi connectivity index (χ4v) is 4.74. The summed E-state index contributed by atoms with van der Waals surface area (Å²) >= 11 is 0. The molecule has 3 aliphatic rings. The smallest absolute Gasteiger partial charge is 0.252 e. The molecule has 3 rings (SSSR count). The van der Waals surface area contributed by atoms with E-state index in [0.717, 1.165) is 5.76 Å². The quantitative estimate of drug-likeness (QED) is 0.194. The van der Waals surface area contributed by atoms with Crippen molar-refractivity contribution in [2.24, 2.45) is 0 Å². The Bertz CT molecular complexity index is 639. The molecule has 180 valence electrons. The largest absolute Gasteiger partial charge is 0.457 e. The lowest BCUT2D eigenvalue weighted by Crippen LogP contribution is -2.96. The maximum Gasteiger partial charge on any atom is 0.252 e. The highest BCUT2D eigenvalue weighted by molar-refractivity contribution is 5.00. The highest BCUT2D eigenvalue weighted by atomic mass is 16.7. The molecule has 31 heavy (non-hydrogen) atoms. The van der Waals surface area contributed by atoms with Crippen LogP contribution in [-0.2, 0) is 18.9 Å². The number of nitrogens with two attached hydrogens (primary N) is 1. The summed E-state index contributed by atoms with van der Waals surface area (Å²) in [7, 11) is 1.77. The summed E-state index contributed by atoms with van der Waals surface area (Å²) in [6.07, 6.45) is -1.92. The van der Waals surface area contributed by atoms with Gasteiger partial charge in [0.2, 0.25) is 0 Å². The van der Waals surface area contributed by atoms with Gasteiger partial charge in [0.1, 0.15) is 48.6 Å². The second-order valence-corrected chi connectivity index (χ2v) is 9.24. The van der Waals surface area contributed by atoms with Gasteiger partial charge in [-0.2, -0.15) is 0 Å². The van der Waals surface area contributed by atoms with Gasteiger partial charge < -0.3 is 62.5 Å². The van der Waals surface area contributed by atoms with Crippen LogP contribution < -0.4 is 28.3 Å². The van der Waals surface area contributed by atoms with Crippen molar-refractivity contribution in [1.82, 2.24) is 0 Å². The first-order valence-corrected chi connectivity index (χ1v) is 11.0. The second kappa shape index (κ2) is 9.93. The number of hydrogen-bond acceptors (Lipinski definition) is 7. The van der Waals surface area contributed by atoms with E-state index in [9.17, 15) is 15.3 Å². The fraction of sp³-hybridized carbons (Fsp3) is 0.895. The molecule has 1 aliphatic carbocycles. The van der Waals surface area contributed by atoms with Crippen molar-refractivity contribution >= 4 is 0 Å². The molecule has 0 aromatic heterocycles. The summed E-state index contributed by atoms with van der Waals surface area (Å²) in [5.74, 6) is 0.742. The van der Waals surface area contributed by atoms with E-state index in [4.69, 9.17) is 18.9 Å². The Hall–Kier alpha value is -0.900. The Morgan fingerprint density at radius 1 is 1.10 bits per heavy atom. The van der Waals surface area contributed by atoms with Gasteiger partial charge in [0.25, 0.3) is 6.29 Å². The lowest BCUT2D eigenvalue weighted by atomic mass is 9.84. The standard InChI is InChI=1S/C19H37N5O7/c1-19(27)7-28-18(13(26)16(19)24-2)31-15-11(23)5-10(22)14(12(15)25)30-17-9(21)4-3-8(6-20)29-17/h3,9-18,24-27H,4-7,20-23H2,1-2H3/p+5/t9-,10+,11-,12+,13-,14-,15+,16-,17-,18+,19+/m1/s1. The van der Waals surface area contributed by atoms with E-state index in [2.05, 4.69) is 22.9 Å². The van der Waals surface area contributed by atoms with Crippen LogP contribution in [-0.4, -0.2) is 102 Å². The Balaban J connectivity index is 1.69. The van der Waals surface area contributed by atoms with Gasteiger partial charge in [0, 0.05) is 6.42 Å². The minimum Gasteiger partial charge on any atom is -0.457 e. The molecule has 17 N–H and O–H groups in total. The van der Waals surface area contributed by atoms with E-state index in [1.54, 1.807) is 19.3 Å². The number of likely N-dealkylation sites (N-methyl/N-ethyl adjacent to an activating group) is 1. The number of quaternary nitrogens is 5. The number of rotatable bonds is 6. The summed E-state index contributed by atoms with van der Waals surface area (Å²) in [6.45, 7) is 2.13. The molecule has 1 saturated carbocycles. The molecule has 0 radical (unpaired) electrons. The Labute approximate surface area is 181 Å². The van der Waals surface area contributed by atoms with Crippen molar-refractivity contribution in [3.8, 4) is 0 Å². The van der Waals surface area contributed by atoms with E-state index in [-0.39, 0.29) is 24.7 Å². The first kappa shape index (κ1) is 24.7. The zero-order valence-electron chi connectivity index (χ0n) is 18.6. The summed E-state index contributed by atoms with van der Waals surface area (Å²) < 4.78 is 23.6. The molecule has 0 aromatic rings. The van der Waals surface area contributed by atoms with Crippen molar-refractivity contribution in [2.45, 2.75) is 86.5 Å². The third kappa shape index (κ3) is 5.20. The highest BCUT2D eigenvalue weighted by Gasteiger charge is 2.54. The molecule has 0 amide bonds. The van der Waals surface area contributed by atoms with Gasteiger partial charge in [-0.15, -0.1) is 0 Å². The number of hydrogen-bond donors (Lipinski definition) is 8. The van der Waals surface area contributed by atoms with Crippen LogP contribution in [0.5, 0.6) is 0 Å². The average Bonchev–Trinajstić information content (AvgIpc) is 2.71. The summed E-state index contributed by atoms with van der Waals surface area (Å²) in [6, 6.07) is -1.16. The predicted molar refractivity (Wildman–Crippen MR) is 104 cm³/mol. The molecule has 0 bridgehead atoms. The molecule has 2 aliphatic heterocycles. The van der Waals surface area contributed by atoms with Gasteiger partial charge in [-0.1, -0.05) is 0 Å². The maximum absolute atomic E-state index is 11.1. The minimum atomic E-state index is -1.20. The molecule has 1 saturated heterocycles. The van der Waals surface area contributed by atoms with E-state index in [1.807, 2.05) is 6.08 Å². The van der Waals surface area contributed by atoms with Crippen LogP contribution in [0.15, 0.2) is 11.8 Å². The second-order valence-electron chi connectivity index (χ2n) is 9.24. The lowest BCUT2D eigenvalue weighted by Gasteiger charge is -2.45. The Morgan fingerprint density at radius 3 is 2.29 bits per heavy atom. The van der Waals surface area contributed by atoms with Crippen LogP contribution in [0.2, 0.25) is 0 Å². The first-order valence-electron chi connectivity index (χ1n) is 11.0. The third-order valence-corrected chi connectivity index (χ3v) is 6.60. The zero-order valence-corrected chi connectivity index (χ0v) is 18.6. The van der Waals surface area contributed by atoms with Crippen LogP contribution in [0.4, 0.5) is 0 Å². The average molecular weight is 453 g/mol. The van der Waals surface area contributed by atoms with E-state index in [0.29, 0.717) is 19.4 Å². The molecule has 0 unspecified atom stereocenters. The van der Waals surface area contributed by atoms with Crippen LogP contribution >= 0.6 is 0 Å². The fourth-order valence-electron chi connectivity index (χ4n) is 4.74. The monoisotopic (exact) mass is 452 g/mol.